The van der Waals surface area contributed by atoms with Gasteiger partial charge in [-0.05, 0) is 58.1 Å². The fourth-order valence-corrected chi connectivity index (χ4v) is 3.64. The van der Waals surface area contributed by atoms with Crippen LogP contribution in [0.3, 0.4) is 0 Å². The highest BCUT2D eigenvalue weighted by atomic mass is 16.6. The lowest BCUT2D eigenvalue weighted by Gasteiger charge is -2.43. The van der Waals surface area contributed by atoms with Crippen LogP contribution in [-0.2, 0) is 23.9 Å². The number of amides is 3. The number of nitrogens with zero attached hydrogens (tertiary/aromatic N) is 1. The smallest absolute Gasteiger partial charge is 0.408 e. The first-order chi connectivity index (χ1) is 16.0. The van der Waals surface area contributed by atoms with E-state index in [0.29, 0.717) is 18.4 Å². The standard InChI is InChI=1S/C24H35N3O7/c1-15-9-6-7-12-17(15)20(21(30)25-13-19(29)33-5)27(16-10-8-11-16)22(31)18(14-28)26-23(32)34-24(2,3)4/h6-7,9,12,16,18,20,28H,8,10-11,13-14H2,1-5H3,(H,25,30)(H,26,32). The number of carbonyl (C=O) groups excluding carboxylic acids is 4. The molecule has 1 saturated carbocycles. The molecule has 0 saturated heterocycles. The van der Waals surface area contributed by atoms with Crippen molar-refractivity contribution in [1.29, 1.82) is 0 Å². The summed E-state index contributed by atoms with van der Waals surface area (Å²) in [5.41, 5.74) is 0.565. The predicted molar refractivity (Wildman–Crippen MR) is 124 cm³/mol. The molecule has 1 aliphatic rings. The SMILES string of the molecule is COC(=O)CNC(=O)C(c1ccccc1C)N(C(=O)C(CO)NC(=O)OC(C)(C)C)C1CCC1. The van der Waals surface area contributed by atoms with Gasteiger partial charge in [0.15, 0.2) is 0 Å². The number of ether oxygens (including phenoxy) is 2. The van der Waals surface area contributed by atoms with Crippen LogP contribution in [0.25, 0.3) is 0 Å². The molecule has 0 aliphatic heterocycles. The van der Waals surface area contributed by atoms with Gasteiger partial charge < -0.3 is 30.1 Å². The highest BCUT2D eigenvalue weighted by molar-refractivity contribution is 5.93. The summed E-state index contributed by atoms with van der Waals surface area (Å²) in [5.74, 6) is -1.80. The summed E-state index contributed by atoms with van der Waals surface area (Å²) in [5, 5.41) is 14.9. The van der Waals surface area contributed by atoms with Crippen LogP contribution in [0.2, 0.25) is 0 Å². The summed E-state index contributed by atoms with van der Waals surface area (Å²) in [4.78, 5) is 52.3. The minimum absolute atomic E-state index is 0.268. The van der Waals surface area contributed by atoms with Crippen LogP contribution in [-0.4, -0.2) is 71.8 Å². The van der Waals surface area contributed by atoms with Crippen LogP contribution in [0.15, 0.2) is 24.3 Å². The van der Waals surface area contributed by atoms with Gasteiger partial charge >= 0.3 is 12.1 Å². The molecule has 0 spiro atoms. The Hall–Kier alpha value is -3.14. The van der Waals surface area contributed by atoms with Crippen molar-refractivity contribution in [3.05, 3.63) is 35.4 Å². The molecule has 10 heteroatoms. The van der Waals surface area contributed by atoms with Crippen molar-refractivity contribution in [1.82, 2.24) is 15.5 Å². The van der Waals surface area contributed by atoms with Crippen LogP contribution in [0.4, 0.5) is 4.79 Å². The van der Waals surface area contributed by atoms with Crippen molar-refractivity contribution in [2.24, 2.45) is 0 Å². The lowest BCUT2D eigenvalue weighted by Crippen LogP contribution is -2.58. The van der Waals surface area contributed by atoms with Gasteiger partial charge in [0, 0.05) is 6.04 Å². The molecule has 2 unspecified atom stereocenters. The maximum atomic E-state index is 13.7. The summed E-state index contributed by atoms with van der Waals surface area (Å²) in [6.07, 6.45) is 1.37. The number of aliphatic hydroxyl groups excluding tert-OH is 1. The van der Waals surface area contributed by atoms with Crippen LogP contribution in [0, 0.1) is 6.92 Å². The Labute approximate surface area is 200 Å². The molecule has 3 amide bonds. The average molecular weight is 478 g/mol. The van der Waals surface area contributed by atoms with Crippen molar-refractivity contribution in [2.75, 3.05) is 20.3 Å². The van der Waals surface area contributed by atoms with E-state index in [0.717, 1.165) is 12.0 Å². The lowest BCUT2D eigenvalue weighted by atomic mass is 9.87. The lowest BCUT2D eigenvalue weighted by molar-refractivity contribution is -0.149. The second kappa shape index (κ2) is 11.8. The number of aryl methyl sites for hydroxylation is 1. The molecule has 1 aromatic carbocycles. The number of rotatable bonds is 9. The zero-order valence-electron chi connectivity index (χ0n) is 20.4. The van der Waals surface area contributed by atoms with Gasteiger partial charge in [-0.2, -0.15) is 0 Å². The Morgan fingerprint density at radius 1 is 1.18 bits per heavy atom. The first-order valence-corrected chi connectivity index (χ1v) is 11.3. The molecule has 0 aromatic heterocycles. The number of hydrogen-bond donors (Lipinski definition) is 3. The van der Waals surface area contributed by atoms with Crippen LogP contribution >= 0.6 is 0 Å². The van der Waals surface area contributed by atoms with Crippen LogP contribution in [0.5, 0.6) is 0 Å². The molecule has 0 heterocycles. The van der Waals surface area contributed by atoms with E-state index in [9.17, 15) is 24.3 Å². The molecule has 2 atom stereocenters. The van der Waals surface area contributed by atoms with E-state index in [1.807, 2.05) is 19.1 Å². The summed E-state index contributed by atoms with van der Waals surface area (Å²) < 4.78 is 9.84. The molecule has 1 aliphatic carbocycles. The Balaban J connectivity index is 2.41. The van der Waals surface area contributed by atoms with Crippen LogP contribution in [0.1, 0.15) is 57.2 Å². The topological polar surface area (TPSA) is 134 Å². The fourth-order valence-electron chi connectivity index (χ4n) is 3.64. The first-order valence-electron chi connectivity index (χ1n) is 11.3. The number of carbonyl (C=O) groups is 4. The Bertz CT molecular complexity index is 893. The Kier molecular flexibility index (Phi) is 9.43. The first kappa shape index (κ1) is 27.1. The zero-order valence-corrected chi connectivity index (χ0v) is 20.4. The molecular weight excluding hydrogens is 442 g/mol. The Morgan fingerprint density at radius 2 is 1.82 bits per heavy atom. The van der Waals surface area contributed by atoms with Crippen molar-refractivity contribution >= 4 is 23.9 Å². The fraction of sp³-hybridized carbons (Fsp3) is 0.583. The number of hydrogen-bond acceptors (Lipinski definition) is 7. The van der Waals surface area contributed by atoms with Gasteiger partial charge in [-0.3, -0.25) is 14.4 Å². The van der Waals surface area contributed by atoms with Gasteiger partial charge in [0.2, 0.25) is 11.8 Å². The van der Waals surface area contributed by atoms with E-state index in [1.165, 1.54) is 12.0 Å². The van der Waals surface area contributed by atoms with E-state index >= 15 is 0 Å². The molecule has 3 N–H and O–H groups in total. The number of aliphatic hydroxyl groups is 1. The molecule has 188 valence electrons. The van der Waals surface area contributed by atoms with Gasteiger partial charge in [-0.15, -0.1) is 0 Å². The number of benzene rings is 1. The normalized spacial score (nSPS) is 15.4. The van der Waals surface area contributed by atoms with Crippen LogP contribution < -0.4 is 10.6 Å². The highest BCUT2D eigenvalue weighted by Gasteiger charge is 2.42. The number of esters is 1. The minimum Gasteiger partial charge on any atom is -0.468 e. The summed E-state index contributed by atoms with van der Waals surface area (Å²) in [6, 6.07) is 4.49. The third-order valence-electron chi connectivity index (χ3n) is 5.54. The molecule has 0 bridgehead atoms. The minimum atomic E-state index is -1.31. The quantitative estimate of drug-likeness (QED) is 0.460. The number of methoxy groups -OCH3 is 1. The third kappa shape index (κ3) is 7.18. The molecule has 1 aromatic rings. The Morgan fingerprint density at radius 3 is 2.32 bits per heavy atom. The van der Waals surface area contributed by atoms with Gasteiger partial charge in [-0.1, -0.05) is 24.3 Å². The van der Waals surface area contributed by atoms with E-state index in [1.54, 1.807) is 32.9 Å². The van der Waals surface area contributed by atoms with Crippen molar-refractivity contribution < 1.29 is 33.8 Å². The van der Waals surface area contributed by atoms with E-state index < -0.39 is 48.2 Å². The molecule has 2 rings (SSSR count). The number of alkyl carbamates (subject to hydrolysis) is 1. The maximum absolute atomic E-state index is 13.7. The monoisotopic (exact) mass is 477 g/mol. The van der Waals surface area contributed by atoms with Crippen molar-refractivity contribution in [3.8, 4) is 0 Å². The molecular formula is C24H35N3O7. The molecule has 34 heavy (non-hydrogen) atoms. The van der Waals surface area contributed by atoms with E-state index in [2.05, 4.69) is 15.4 Å². The molecule has 1 fully saturated rings. The van der Waals surface area contributed by atoms with Gasteiger partial charge in [-0.25, -0.2) is 4.79 Å². The second-order valence-electron chi connectivity index (χ2n) is 9.26. The largest absolute Gasteiger partial charge is 0.468 e. The zero-order chi connectivity index (χ0) is 25.5. The highest BCUT2D eigenvalue weighted by Crippen LogP contribution is 2.34. The van der Waals surface area contributed by atoms with Gasteiger partial charge in [0.25, 0.3) is 0 Å². The third-order valence-corrected chi connectivity index (χ3v) is 5.54. The van der Waals surface area contributed by atoms with Gasteiger partial charge in [0.1, 0.15) is 24.2 Å². The summed E-state index contributed by atoms with van der Waals surface area (Å²) in [7, 11) is 1.21. The van der Waals surface area contributed by atoms with E-state index in [4.69, 9.17) is 4.74 Å². The molecule has 0 radical (unpaired) electrons. The molecule has 10 nitrogen and oxygen atoms in total. The van der Waals surface area contributed by atoms with Crippen molar-refractivity contribution in [2.45, 2.75) is 70.7 Å². The summed E-state index contributed by atoms with van der Waals surface area (Å²) >= 11 is 0. The number of nitrogens with one attached hydrogen (secondary N) is 2. The maximum Gasteiger partial charge on any atom is 0.408 e. The van der Waals surface area contributed by atoms with E-state index in [-0.39, 0.29) is 12.6 Å². The van der Waals surface area contributed by atoms with Crippen molar-refractivity contribution in [3.63, 3.8) is 0 Å². The predicted octanol–water partition coefficient (Wildman–Crippen LogP) is 1.59. The second-order valence-corrected chi connectivity index (χ2v) is 9.26. The summed E-state index contributed by atoms with van der Waals surface area (Å²) in [6.45, 7) is 5.84. The average Bonchev–Trinajstić information content (AvgIpc) is 2.73. The van der Waals surface area contributed by atoms with Gasteiger partial charge in [0.05, 0.1) is 13.7 Å².